The van der Waals surface area contributed by atoms with Crippen molar-refractivity contribution in [2.75, 3.05) is 16.6 Å². The highest BCUT2D eigenvalue weighted by Crippen LogP contribution is 2.25. The van der Waals surface area contributed by atoms with E-state index in [9.17, 15) is 16.8 Å². The molecule has 2 aromatic rings. The van der Waals surface area contributed by atoms with Gasteiger partial charge in [0.15, 0.2) is 0 Å². The molecule has 2 rings (SSSR count). The molecule has 7 nitrogen and oxygen atoms in total. The molecule has 0 amide bonds. The maximum Gasteiger partial charge on any atom is 0.269 e. The van der Waals surface area contributed by atoms with Crippen LogP contribution in [0.5, 0.6) is 0 Å². The highest BCUT2D eigenvalue weighted by Gasteiger charge is 2.24. The molecule has 0 heterocycles. The van der Waals surface area contributed by atoms with Crippen molar-refractivity contribution >= 4 is 31.5 Å². The molecule has 0 bridgehead atoms. The van der Waals surface area contributed by atoms with Crippen LogP contribution in [0, 0.1) is 0 Å². The molecular weight excluding hydrogens is 352 g/mol. The molecular formula is C15H18N2O5S2. The van der Waals surface area contributed by atoms with E-state index in [1.54, 1.807) is 13.0 Å². The number of sulfonamides is 1. The van der Waals surface area contributed by atoms with Crippen molar-refractivity contribution in [3.63, 3.8) is 0 Å². The third-order valence-corrected chi connectivity index (χ3v) is 5.92. The number of benzene rings is 2. The fourth-order valence-corrected chi connectivity index (χ4v) is 4.34. The van der Waals surface area contributed by atoms with Crippen molar-refractivity contribution in [3.8, 4) is 0 Å². The molecule has 0 aliphatic heterocycles. The first kappa shape index (κ1) is 18.2. The average molecular weight is 370 g/mol. The molecule has 0 atom stereocenters. The number of hydrogen-bond donors (Lipinski definition) is 2. The first-order valence-corrected chi connectivity index (χ1v) is 10.1. The lowest BCUT2D eigenvalue weighted by atomic mass is 10.2. The van der Waals surface area contributed by atoms with Crippen LogP contribution in [-0.4, -0.2) is 27.9 Å². The van der Waals surface area contributed by atoms with Gasteiger partial charge < -0.3 is 5.73 Å². The number of nitrogens with two attached hydrogens (primary N) is 1. The second-order valence-corrected chi connectivity index (χ2v) is 8.45. The normalized spacial score (nSPS) is 12.1. The zero-order valence-corrected chi connectivity index (χ0v) is 14.6. The van der Waals surface area contributed by atoms with Gasteiger partial charge in [-0.1, -0.05) is 12.1 Å². The molecule has 0 saturated heterocycles. The van der Waals surface area contributed by atoms with Gasteiger partial charge >= 0.3 is 0 Å². The molecule has 130 valence electrons. The Morgan fingerprint density at radius 3 is 2.21 bits per heavy atom. The molecule has 0 aliphatic carbocycles. The van der Waals surface area contributed by atoms with Crippen molar-refractivity contribution in [2.45, 2.75) is 17.6 Å². The van der Waals surface area contributed by atoms with Crippen molar-refractivity contribution < 1.29 is 21.4 Å². The van der Waals surface area contributed by atoms with Gasteiger partial charge in [-0.25, -0.2) is 8.42 Å². The Morgan fingerprint density at radius 2 is 1.67 bits per heavy atom. The van der Waals surface area contributed by atoms with E-state index in [0.29, 0.717) is 16.9 Å². The summed E-state index contributed by atoms with van der Waals surface area (Å²) in [5.74, 6) is -0.583. The van der Waals surface area contributed by atoms with Gasteiger partial charge in [0.2, 0.25) is 0 Å². The Balaban J connectivity index is 2.44. The quantitative estimate of drug-likeness (QED) is 0.592. The van der Waals surface area contributed by atoms with Gasteiger partial charge in [-0.05, 0) is 48.9 Å². The highest BCUT2D eigenvalue weighted by molar-refractivity contribution is 7.92. The maximum absolute atomic E-state index is 12.8. The van der Waals surface area contributed by atoms with Crippen LogP contribution in [0.3, 0.4) is 0 Å². The molecule has 0 aromatic heterocycles. The smallest absolute Gasteiger partial charge is 0.269 e. The summed E-state index contributed by atoms with van der Waals surface area (Å²) in [6.07, 6.45) is 0. The Labute approximate surface area is 141 Å². The average Bonchev–Trinajstić information content (AvgIpc) is 2.46. The van der Waals surface area contributed by atoms with Crippen LogP contribution in [0.15, 0.2) is 53.4 Å². The van der Waals surface area contributed by atoms with E-state index < -0.39 is 25.9 Å². The van der Waals surface area contributed by atoms with Gasteiger partial charge in [0, 0.05) is 12.2 Å². The maximum atomic E-state index is 12.8. The van der Waals surface area contributed by atoms with Crippen LogP contribution < -0.4 is 10.0 Å². The molecule has 0 fully saturated rings. The fraction of sp³-hybridized carbons (Fsp3) is 0.200. The van der Waals surface area contributed by atoms with Gasteiger partial charge in [0.25, 0.3) is 20.1 Å². The summed E-state index contributed by atoms with van der Waals surface area (Å²) < 4.78 is 57.7. The molecule has 24 heavy (non-hydrogen) atoms. The molecule has 0 spiro atoms. The molecule has 0 saturated carbocycles. The summed E-state index contributed by atoms with van der Waals surface area (Å²) >= 11 is 0. The predicted molar refractivity (Wildman–Crippen MR) is 92.8 cm³/mol. The predicted octanol–water partition coefficient (Wildman–Crippen LogP) is 1.87. The molecule has 0 aliphatic rings. The summed E-state index contributed by atoms with van der Waals surface area (Å²) in [4.78, 5) is 0.0822. The van der Waals surface area contributed by atoms with Crippen LogP contribution in [0.25, 0.3) is 0 Å². The Bertz CT molecular complexity index is 923. The van der Waals surface area contributed by atoms with Gasteiger partial charge in [-0.15, -0.1) is 0 Å². The highest BCUT2D eigenvalue weighted by atomic mass is 32.2. The molecule has 0 radical (unpaired) electrons. The first-order chi connectivity index (χ1) is 11.1. The van der Waals surface area contributed by atoms with E-state index in [2.05, 4.69) is 0 Å². The summed E-state index contributed by atoms with van der Waals surface area (Å²) in [6.45, 7) is 1.83. The third-order valence-electron chi connectivity index (χ3n) is 3.30. The minimum Gasteiger partial charge on any atom is -0.399 e. The number of rotatable bonds is 6. The fourth-order valence-electron chi connectivity index (χ4n) is 2.27. The second-order valence-electron chi connectivity index (χ2n) is 5.13. The lowest BCUT2D eigenvalue weighted by Crippen LogP contribution is -2.30. The van der Waals surface area contributed by atoms with E-state index in [0.717, 1.165) is 4.31 Å². The van der Waals surface area contributed by atoms with E-state index >= 15 is 0 Å². The van der Waals surface area contributed by atoms with Crippen LogP contribution in [0.2, 0.25) is 0 Å². The van der Waals surface area contributed by atoms with Gasteiger partial charge in [0.1, 0.15) is 5.75 Å². The topological polar surface area (TPSA) is 118 Å². The standard InChI is InChI=1S/C15H18N2O5S2/c1-2-17(24(21,22)15-8-6-13(16)7-9-15)14-5-3-4-12(10-14)11-23(18,19)20/h3-10H,2,11,16H2,1H3,(H,18,19,20). The molecule has 0 unspecified atom stereocenters. The van der Waals surface area contributed by atoms with Crippen LogP contribution in [-0.2, 0) is 25.9 Å². The molecule has 9 heteroatoms. The molecule has 2 aromatic carbocycles. The zero-order chi connectivity index (χ0) is 18.0. The van der Waals surface area contributed by atoms with E-state index in [-0.39, 0.29) is 11.4 Å². The second kappa shape index (κ2) is 6.80. The molecule has 3 N–H and O–H groups in total. The van der Waals surface area contributed by atoms with Crippen LogP contribution >= 0.6 is 0 Å². The minimum absolute atomic E-state index is 0.0822. The van der Waals surface area contributed by atoms with Crippen LogP contribution in [0.1, 0.15) is 12.5 Å². The van der Waals surface area contributed by atoms with Crippen LogP contribution in [0.4, 0.5) is 11.4 Å². The van der Waals surface area contributed by atoms with Gasteiger partial charge in [-0.3, -0.25) is 8.86 Å². The monoisotopic (exact) mass is 370 g/mol. The number of nitrogens with zero attached hydrogens (tertiary/aromatic N) is 1. The SMILES string of the molecule is CCN(c1cccc(CS(=O)(=O)O)c1)S(=O)(=O)c1ccc(N)cc1. The Kier molecular flexibility index (Phi) is 5.16. The summed E-state index contributed by atoms with van der Waals surface area (Å²) in [7, 11) is -8.02. The van der Waals surface area contributed by atoms with Gasteiger partial charge in [0.05, 0.1) is 10.6 Å². The van der Waals surface area contributed by atoms with E-state index in [1.807, 2.05) is 0 Å². The summed E-state index contributed by atoms with van der Waals surface area (Å²) in [5, 5.41) is 0. The minimum atomic E-state index is -4.20. The summed E-state index contributed by atoms with van der Waals surface area (Å²) in [6, 6.07) is 11.8. The van der Waals surface area contributed by atoms with E-state index in [4.69, 9.17) is 10.3 Å². The van der Waals surface area contributed by atoms with Gasteiger partial charge in [-0.2, -0.15) is 8.42 Å². The largest absolute Gasteiger partial charge is 0.399 e. The lowest BCUT2D eigenvalue weighted by molar-refractivity contribution is 0.482. The Hall–Kier alpha value is -2.10. The lowest BCUT2D eigenvalue weighted by Gasteiger charge is -2.23. The zero-order valence-electron chi connectivity index (χ0n) is 13.0. The number of anilines is 2. The van der Waals surface area contributed by atoms with Crippen molar-refractivity contribution in [1.29, 1.82) is 0 Å². The van der Waals surface area contributed by atoms with Crippen molar-refractivity contribution in [3.05, 3.63) is 54.1 Å². The number of nitrogen functional groups attached to an aromatic ring is 1. The number of hydrogen-bond acceptors (Lipinski definition) is 5. The van der Waals surface area contributed by atoms with Crippen molar-refractivity contribution in [1.82, 2.24) is 0 Å². The summed E-state index contributed by atoms with van der Waals surface area (Å²) in [5.41, 5.74) is 6.64. The third kappa shape index (κ3) is 4.25. The van der Waals surface area contributed by atoms with Crippen molar-refractivity contribution in [2.24, 2.45) is 0 Å². The Morgan fingerprint density at radius 1 is 1.04 bits per heavy atom. The van der Waals surface area contributed by atoms with E-state index in [1.165, 1.54) is 42.5 Å². The first-order valence-electron chi connectivity index (χ1n) is 7.06.